The molecule has 1 aliphatic rings. The molecule has 18 heavy (non-hydrogen) atoms. The Morgan fingerprint density at radius 2 is 1.94 bits per heavy atom. The Kier molecular flexibility index (Phi) is 6.22. The van der Waals surface area contributed by atoms with Gasteiger partial charge in [0.25, 0.3) is 0 Å². The number of rotatable bonds is 4. The number of nitrogens with two attached hydrogens (primary N) is 1. The fourth-order valence-electron chi connectivity index (χ4n) is 2.12. The molecule has 1 fully saturated rings. The summed E-state index contributed by atoms with van der Waals surface area (Å²) in [6, 6.07) is 4.24. The molecule has 0 spiro atoms. The smallest absolute Gasteiger partial charge is 0.142 e. The molecule has 1 aromatic carbocycles. The average molecular weight is 275 g/mol. The highest BCUT2D eigenvalue weighted by Crippen LogP contribution is 2.21. The van der Waals surface area contributed by atoms with Gasteiger partial charge in [-0.2, -0.15) is 0 Å². The molecule has 0 aromatic heterocycles. The highest BCUT2D eigenvalue weighted by atomic mass is 35.5. The monoisotopic (exact) mass is 274 g/mol. The summed E-state index contributed by atoms with van der Waals surface area (Å²) in [6.45, 7) is 3.83. The van der Waals surface area contributed by atoms with Crippen molar-refractivity contribution in [2.24, 2.45) is 0 Å². The van der Waals surface area contributed by atoms with E-state index in [4.69, 9.17) is 10.5 Å². The number of likely N-dealkylation sites (tertiary alicyclic amines) is 1. The molecule has 102 valence electrons. The summed E-state index contributed by atoms with van der Waals surface area (Å²) in [4.78, 5) is 2.39. The van der Waals surface area contributed by atoms with Crippen LogP contribution in [0.25, 0.3) is 0 Å². The van der Waals surface area contributed by atoms with Gasteiger partial charge in [-0.1, -0.05) is 6.42 Å². The Hall–Kier alpha value is -1.00. The van der Waals surface area contributed by atoms with Crippen molar-refractivity contribution in [1.29, 1.82) is 0 Å². The van der Waals surface area contributed by atoms with Crippen LogP contribution >= 0.6 is 12.4 Å². The topological polar surface area (TPSA) is 38.5 Å². The third-order valence-corrected chi connectivity index (χ3v) is 3.09. The lowest BCUT2D eigenvalue weighted by Gasteiger charge is -2.26. The molecule has 0 unspecified atom stereocenters. The molecule has 0 amide bonds. The highest BCUT2D eigenvalue weighted by Gasteiger charge is 2.10. The maximum atomic E-state index is 12.8. The fraction of sp³-hybridized carbons (Fsp3) is 0.538. The van der Waals surface area contributed by atoms with E-state index in [1.165, 1.54) is 31.4 Å². The van der Waals surface area contributed by atoms with Crippen LogP contribution in [0.4, 0.5) is 10.1 Å². The number of halogens is 2. The normalized spacial score (nSPS) is 16.1. The van der Waals surface area contributed by atoms with Crippen LogP contribution in [0, 0.1) is 5.82 Å². The fourth-order valence-corrected chi connectivity index (χ4v) is 2.12. The second-order valence-electron chi connectivity index (χ2n) is 4.43. The van der Waals surface area contributed by atoms with Gasteiger partial charge < -0.3 is 10.5 Å². The van der Waals surface area contributed by atoms with Crippen molar-refractivity contribution in [3.05, 3.63) is 24.0 Å². The third kappa shape index (κ3) is 4.35. The van der Waals surface area contributed by atoms with E-state index in [1.54, 1.807) is 6.07 Å². The molecule has 0 atom stereocenters. The number of hydrogen-bond acceptors (Lipinski definition) is 3. The number of piperidine rings is 1. The number of nitrogens with zero attached hydrogens (tertiary/aromatic N) is 1. The zero-order valence-electron chi connectivity index (χ0n) is 10.4. The Morgan fingerprint density at radius 1 is 1.22 bits per heavy atom. The molecule has 1 aromatic rings. The van der Waals surface area contributed by atoms with E-state index < -0.39 is 0 Å². The minimum absolute atomic E-state index is 0. The van der Waals surface area contributed by atoms with Gasteiger partial charge >= 0.3 is 0 Å². The van der Waals surface area contributed by atoms with Gasteiger partial charge in [0.15, 0.2) is 0 Å². The lowest BCUT2D eigenvalue weighted by Crippen LogP contribution is -2.33. The Morgan fingerprint density at radius 3 is 2.61 bits per heavy atom. The summed E-state index contributed by atoms with van der Waals surface area (Å²) >= 11 is 0. The number of benzene rings is 1. The van der Waals surface area contributed by atoms with Crippen molar-refractivity contribution in [1.82, 2.24) is 4.90 Å². The van der Waals surface area contributed by atoms with Gasteiger partial charge in [-0.15, -0.1) is 12.4 Å². The van der Waals surface area contributed by atoms with E-state index >= 15 is 0 Å². The molecular weight excluding hydrogens is 255 g/mol. The minimum atomic E-state index is -0.328. The first-order valence-corrected chi connectivity index (χ1v) is 6.16. The zero-order valence-corrected chi connectivity index (χ0v) is 11.2. The van der Waals surface area contributed by atoms with Crippen LogP contribution in [0.3, 0.4) is 0 Å². The summed E-state index contributed by atoms with van der Waals surface area (Å²) in [5.41, 5.74) is 6.03. The Labute approximate surface area is 114 Å². The molecule has 2 rings (SSSR count). The third-order valence-electron chi connectivity index (χ3n) is 3.09. The van der Waals surface area contributed by atoms with Crippen LogP contribution in [0.1, 0.15) is 19.3 Å². The second kappa shape index (κ2) is 7.44. The molecule has 1 saturated heterocycles. The number of ether oxygens (including phenoxy) is 1. The minimum Gasteiger partial charge on any atom is -0.490 e. The molecule has 0 saturated carbocycles. The maximum Gasteiger partial charge on any atom is 0.142 e. The van der Waals surface area contributed by atoms with Crippen LogP contribution in [-0.2, 0) is 0 Å². The quantitative estimate of drug-likeness (QED) is 0.858. The van der Waals surface area contributed by atoms with Crippen molar-refractivity contribution in [3.8, 4) is 5.75 Å². The standard InChI is InChI=1S/C13H19FN2O.ClH/c14-11-4-5-13(12(15)10-11)17-9-8-16-6-2-1-3-7-16;/h4-5,10H,1-3,6-9,15H2;1H. The Balaban J connectivity index is 0.00000162. The summed E-state index contributed by atoms with van der Waals surface area (Å²) < 4.78 is 18.4. The molecule has 0 aliphatic carbocycles. The predicted octanol–water partition coefficient (Wildman–Crippen LogP) is 2.69. The maximum absolute atomic E-state index is 12.8. The highest BCUT2D eigenvalue weighted by molar-refractivity contribution is 5.85. The molecule has 2 N–H and O–H groups in total. The molecule has 0 bridgehead atoms. The van der Waals surface area contributed by atoms with E-state index in [2.05, 4.69) is 4.90 Å². The largest absolute Gasteiger partial charge is 0.490 e. The van der Waals surface area contributed by atoms with E-state index in [0.717, 1.165) is 19.6 Å². The van der Waals surface area contributed by atoms with Gasteiger partial charge in [0.2, 0.25) is 0 Å². The molecule has 1 aliphatic heterocycles. The first-order chi connectivity index (χ1) is 8.25. The summed E-state index contributed by atoms with van der Waals surface area (Å²) in [6.07, 6.45) is 3.89. The average Bonchev–Trinajstić information content (AvgIpc) is 2.33. The lowest BCUT2D eigenvalue weighted by molar-refractivity contribution is 0.184. The molecule has 3 nitrogen and oxygen atoms in total. The van der Waals surface area contributed by atoms with E-state index in [1.807, 2.05) is 0 Å². The molecule has 0 radical (unpaired) electrons. The summed E-state index contributed by atoms with van der Waals surface area (Å²) in [5.74, 6) is 0.245. The predicted molar refractivity (Wildman–Crippen MR) is 73.8 cm³/mol. The van der Waals surface area contributed by atoms with Gasteiger partial charge in [-0.05, 0) is 38.1 Å². The van der Waals surface area contributed by atoms with Crippen molar-refractivity contribution in [3.63, 3.8) is 0 Å². The number of nitrogen functional groups attached to an aromatic ring is 1. The van der Waals surface area contributed by atoms with Gasteiger partial charge in [-0.3, -0.25) is 4.90 Å². The number of hydrogen-bond donors (Lipinski definition) is 1. The van der Waals surface area contributed by atoms with Crippen molar-refractivity contribution >= 4 is 18.1 Å². The van der Waals surface area contributed by atoms with Gasteiger partial charge in [0, 0.05) is 12.6 Å². The van der Waals surface area contributed by atoms with Gasteiger partial charge in [-0.25, -0.2) is 4.39 Å². The van der Waals surface area contributed by atoms with E-state index in [9.17, 15) is 4.39 Å². The van der Waals surface area contributed by atoms with Crippen LogP contribution in [0.2, 0.25) is 0 Å². The lowest BCUT2D eigenvalue weighted by atomic mass is 10.1. The first kappa shape index (κ1) is 15.1. The van der Waals surface area contributed by atoms with Crippen LogP contribution < -0.4 is 10.5 Å². The van der Waals surface area contributed by atoms with E-state index in [0.29, 0.717) is 18.0 Å². The summed E-state index contributed by atoms with van der Waals surface area (Å²) in [7, 11) is 0. The van der Waals surface area contributed by atoms with E-state index in [-0.39, 0.29) is 18.2 Å². The number of anilines is 1. The molecule has 5 heteroatoms. The van der Waals surface area contributed by atoms with Crippen molar-refractivity contribution in [2.45, 2.75) is 19.3 Å². The summed E-state index contributed by atoms with van der Waals surface area (Å²) in [5, 5.41) is 0. The first-order valence-electron chi connectivity index (χ1n) is 6.16. The zero-order chi connectivity index (χ0) is 12.1. The SMILES string of the molecule is Cl.Nc1cc(F)ccc1OCCN1CCCCC1. The van der Waals surface area contributed by atoms with Gasteiger partial charge in [0.05, 0.1) is 5.69 Å². The molecule has 1 heterocycles. The van der Waals surface area contributed by atoms with Crippen LogP contribution in [-0.4, -0.2) is 31.1 Å². The van der Waals surface area contributed by atoms with Crippen molar-refractivity contribution < 1.29 is 9.13 Å². The van der Waals surface area contributed by atoms with Gasteiger partial charge in [0.1, 0.15) is 18.2 Å². The van der Waals surface area contributed by atoms with Crippen LogP contribution in [0.15, 0.2) is 18.2 Å². The van der Waals surface area contributed by atoms with Crippen molar-refractivity contribution in [2.75, 3.05) is 32.0 Å². The Bertz CT molecular complexity index is 370. The second-order valence-corrected chi connectivity index (χ2v) is 4.43. The van der Waals surface area contributed by atoms with Crippen LogP contribution in [0.5, 0.6) is 5.75 Å². The molecular formula is C13H20ClFN2O.